The smallest absolute Gasteiger partial charge is 0.134 e. The highest BCUT2D eigenvalue weighted by atomic mass is 19.1. The predicted octanol–water partition coefficient (Wildman–Crippen LogP) is 1.95. The van der Waals surface area contributed by atoms with Gasteiger partial charge in [-0.3, -0.25) is 0 Å². The van der Waals surface area contributed by atoms with Crippen molar-refractivity contribution < 1.29 is 13.9 Å². The Morgan fingerprint density at radius 1 is 1.18 bits per heavy atom. The van der Waals surface area contributed by atoms with Crippen LogP contribution in [-0.4, -0.2) is 17.8 Å². The molecule has 1 heterocycles. The maximum Gasteiger partial charge on any atom is 0.134 e. The monoisotopic (exact) mass is 235 g/mol. The zero-order chi connectivity index (χ0) is 12.3. The first kappa shape index (κ1) is 11.8. The van der Waals surface area contributed by atoms with Gasteiger partial charge in [0.15, 0.2) is 0 Å². The van der Waals surface area contributed by atoms with Gasteiger partial charge in [-0.25, -0.2) is 4.39 Å². The van der Waals surface area contributed by atoms with Gasteiger partial charge in [0.05, 0.1) is 6.10 Å². The van der Waals surface area contributed by atoms with Gasteiger partial charge in [0.2, 0.25) is 0 Å². The maximum absolute atomic E-state index is 12.7. The quantitative estimate of drug-likeness (QED) is 0.851. The summed E-state index contributed by atoms with van der Waals surface area (Å²) in [5, 5.41) is 9.39. The molecule has 0 amide bonds. The van der Waals surface area contributed by atoms with Gasteiger partial charge in [0.25, 0.3) is 0 Å². The summed E-state index contributed by atoms with van der Waals surface area (Å²) in [5.74, 6) is 1.05. The Balaban J connectivity index is 2.15. The van der Waals surface area contributed by atoms with Crippen molar-refractivity contribution in [1.82, 2.24) is 0 Å². The minimum Gasteiger partial charge on any atom is -0.461 e. The number of aliphatic hydroxyl groups is 1. The Labute approximate surface area is 98.7 Å². The molecule has 0 radical (unpaired) electrons. The number of rotatable bonds is 4. The first-order valence-corrected chi connectivity index (χ1v) is 5.42. The molecule has 0 aliphatic heterocycles. The topological polar surface area (TPSA) is 59.4 Å². The fourth-order valence-corrected chi connectivity index (χ4v) is 1.57. The Morgan fingerprint density at radius 3 is 2.53 bits per heavy atom. The number of halogens is 1. The molecule has 17 heavy (non-hydrogen) atoms. The van der Waals surface area contributed by atoms with Crippen LogP contribution in [-0.2, 0) is 6.42 Å². The summed E-state index contributed by atoms with van der Waals surface area (Å²) < 4.78 is 18.3. The van der Waals surface area contributed by atoms with E-state index in [-0.39, 0.29) is 12.4 Å². The van der Waals surface area contributed by atoms with E-state index in [4.69, 9.17) is 10.2 Å². The zero-order valence-electron chi connectivity index (χ0n) is 9.27. The van der Waals surface area contributed by atoms with Gasteiger partial charge in [-0.1, -0.05) is 0 Å². The molecule has 0 spiro atoms. The molecule has 0 saturated heterocycles. The fourth-order valence-electron chi connectivity index (χ4n) is 1.57. The number of furan rings is 1. The van der Waals surface area contributed by atoms with Gasteiger partial charge in [-0.15, -0.1) is 0 Å². The van der Waals surface area contributed by atoms with Crippen molar-refractivity contribution in [1.29, 1.82) is 0 Å². The molecular weight excluding hydrogens is 221 g/mol. The maximum atomic E-state index is 12.7. The zero-order valence-corrected chi connectivity index (χ0v) is 9.27. The summed E-state index contributed by atoms with van der Waals surface area (Å²) >= 11 is 0. The van der Waals surface area contributed by atoms with Crippen LogP contribution in [0.2, 0.25) is 0 Å². The molecule has 90 valence electrons. The van der Waals surface area contributed by atoms with Crippen LogP contribution in [0.25, 0.3) is 11.3 Å². The lowest BCUT2D eigenvalue weighted by Crippen LogP contribution is -2.21. The summed E-state index contributed by atoms with van der Waals surface area (Å²) in [6.45, 7) is 0.201. The number of aliphatic hydroxyl groups excluding tert-OH is 1. The van der Waals surface area contributed by atoms with Crippen LogP contribution in [0.15, 0.2) is 40.8 Å². The summed E-state index contributed by atoms with van der Waals surface area (Å²) in [7, 11) is 0. The Bertz CT molecular complexity index is 478. The Hall–Kier alpha value is -1.65. The van der Waals surface area contributed by atoms with Crippen molar-refractivity contribution in [3.8, 4) is 11.3 Å². The van der Waals surface area contributed by atoms with Crippen molar-refractivity contribution >= 4 is 0 Å². The molecule has 2 aromatic rings. The average Bonchev–Trinajstić information content (AvgIpc) is 2.78. The van der Waals surface area contributed by atoms with E-state index in [0.717, 1.165) is 5.56 Å². The van der Waals surface area contributed by atoms with Crippen LogP contribution in [0.1, 0.15) is 5.76 Å². The molecule has 1 atom stereocenters. The largest absolute Gasteiger partial charge is 0.461 e. The molecule has 1 unspecified atom stereocenters. The lowest BCUT2D eigenvalue weighted by Gasteiger charge is -2.04. The Kier molecular flexibility index (Phi) is 3.56. The minimum absolute atomic E-state index is 0.201. The van der Waals surface area contributed by atoms with Gasteiger partial charge in [-0.2, -0.15) is 0 Å². The first-order valence-electron chi connectivity index (χ1n) is 5.42. The van der Waals surface area contributed by atoms with Crippen LogP contribution in [0.5, 0.6) is 0 Å². The highest BCUT2D eigenvalue weighted by Crippen LogP contribution is 2.22. The lowest BCUT2D eigenvalue weighted by atomic mass is 10.2. The normalized spacial score (nSPS) is 12.6. The van der Waals surface area contributed by atoms with Crippen LogP contribution in [0, 0.1) is 5.82 Å². The molecule has 0 aliphatic rings. The predicted molar refractivity (Wildman–Crippen MR) is 62.9 cm³/mol. The second-order valence-corrected chi connectivity index (χ2v) is 3.87. The third-order valence-electron chi connectivity index (χ3n) is 2.50. The second-order valence-electron chi connectivity index (χ2n) is 3.87. The minimum atomic E-state index is -0.595. The van der Waals surface area contributed by atoms with Gasteiger partial charge < -0.3 is 15.3 Å². The lowest BCUT2D eigenvalue weighted by molar-refractivity contribution is 0.176. The second kappa shape index (κ2) is 5.12. The van der Waals surface area contributed by atoms with E-state index in [9.17, 15) is 9.50 Å². The van der Waals surface area contributed by atoms with Gasteiger partial charge >= 0.3 is 0 Å². The van der Waals surface area contributed by atoms with Crippen LogP contribution < -0.4 is 5.73 Å². The van der Waals surface area contributed by atoms with E-state index in [1.165, 1.54) is 12.1 Å². The third-order valence-corrected chi connectivity index (χ3v) is 2.50. The molecule has 0 bridgehead atoms. The average molecular weight is 235 g/mol. The van der Waals surface area contributed by atoms with Crippen LogP contribution in [0.3, 0.4) is 0 Å². The molecule has 3 nitrogen and oxygen atoms in total. The molecule has 4 heteroatoms. The summed E-state index contributed by atoms with van der Waals surface area (Å²) in [5.41, 5.74) is 6.13. The Morgan fingerprint density at radius 2 is 1.88 bits per heavy atom. The first-order chi connectivity index (χ1) is 8.19. The van der Waals surface area contributed by atoms with Gasteiger partial charge in [0, 0.05) is 18.5 Å². The molecule has 2 rings (SSSR count). The molecule has 3 N–H and O–H groups in total. The van der Waals surface area contributed by atoms with E-state index >= 15 is 0 Å². The highest BCUT2D eigenvalue weighted by molar-refractivity contribution is 5.57. The SMILES string of the molecule is NCC(O)Cc1ccc(-c2ccc(F)cc2)o1. The summed E-state index contributed by atoms with van der Waals surface area (Å²) in [4.78, 5) is 0. The number of benzene rings is 1. The van der Waals surface area contributed by atoms with Crippen molar-refractivity contribution in [3.05, 3.63) is 48.0 Å². The van der Waals surface area contributed by atoms with E-state index < -0.39 is 6.10 Å². The molecule has 0 saturated carbocycles. The van der Waals surface area contributed by atoms with E-state index in [1.54, 1.807) is 24.3 Å². The number of hydrogen-bond donors (Lipinski definition) is 2. The number of nitrogens with two attached hydrogens (primary N) is 1. The third kappa shape index (κ3) is 2.93. The highest BCUT2D eigenvalue weighted by Gasteiger charge is 2.08. The molecule has 0 aliphatic carbocycles. The summed E-state index contributed by atoms with van der Waals surface area (Å²) in [6, 6.07) is 9.65. The molecule has 0 fully saturated rings. The van der Waals surface area contributed by atoms with Crippen molar-refractivity contribution in [2.45, 2.75) is 12.5 Å². The standard InChI is InChI=1S/C13H14FNO2/c14-10-3-1-9(2-4-10)13-6-5-12(17-13)7-11(16)8-15/h1-6,11,16H,7-8,15H2. The van der Waals surface area contributed by atoms with Crippen molar-refractivity contribution in [2.75, 3.05) is 6.54 Å². The van der Waals surface area contributed by atoms with E-state index in [0.29, 0.717) is 17.9 Å². The van der Waals surface area contributed by atoms with Crippen LogP contribution in [0.4, 0.5) is 4.39 Å². The summed E-state index contributed by atoms with van der Waals surface area (Å²) in [6.07, 6.45) is -0.209. The fraction of sp³-hybridized carbons (Fsp3) is 0.231. The molecule has 1 aromatic heterocycles. The number of hydrogen-bond acceptors (Lipinski definition) is 3. The molecule has 1 aromatic carbocycles. The van der Waals surface area contributed by atoms with Crippen LogP contribution >= 0.6 is 0 Å². The van der Waals surface area contributed by atoms with Gasteiger partial charge in [0.1, 0.15) is 17.3 Å². The molecular formula is C13H14FNO2. The van der Waals surface area contributed by atoms with Gasteiger partial charge in [-0.05, 0) is 36.4 Å². The van der Waals surface area contributed by atoms with E-state index in [1.807, 2.05) is 0 Å². The van der Waals surface area contributed by atoms with Crippen molar-refractivity contribution in [2.24, 2.45) is 5.73 Å². The van der Waals surface area contributed by atoms with E-state index in [2.05, 4.69) is 0 Å². The van der Waals surface area contributed by atoms with Crippen molar-refractivity contribution in [3.63, 3.8) is 0 Å².